The van der Waals surface area contributed by atoms with Crippen LogP contribution in [0.2, 0.25) is 0 Å². The van der Waals surface area contributed by atoms with Crippen molar-refractivity contribution >= 4 is 45.9 Å². The minimum atomic E-state index is -5.72. The molecule has 3 N–H and O–H groups in total. The Bertz CT molecular complexity index is 1640. The van der Waals surface area contributed by atoms with E-state index in [1.165, 1.54) is 30.6 Å². The van der Waals surface area contributed by atoms with E-state index in [1.807, 2.05) is 0 Å². The van der Waals surface area contributed by atoms with E-state index in [4.69, 9.17) is 10.5 Å². The number of hydrogen-bond donors (Lipinski definition) is 2. The molecule has 5 heterocycles. The highest BCUT2D eigenvalue weighted by molar-refractivity contribution is 7.10. The highest BCUT2D eigenvalue weighted by Crippen LogP contribution is 2.46. The summed E-state index contributed by atoms with van der Waals surface area (Å²) in [6, 6.07) is 3.03. The smallest absolute Gasteiger partial charge is 0.407 e. The number of thiazole rings is 1. The molecule has 0 aromatic carbocycles. The molecule has 0 unspecified atom stereocenters. The average molecular weight is 568 g/mol. The van der Waals surface area contributed by atoms with Crippen molar-refractivity contribution in [2.24, 2.45) is 0 Å². The Hall–Kier alpha value is -4.28. The summed E-state index contributed by atoms with van der Waals surface area (Å²) in [4.78, 5) is 41.3. The molecule has 204 valence electrons. The van der Waals surface area contributed by atoms with Crippen LogP contribution in [0.1, 0.15) is 30.8 Å². The predicted molar refractivity (Wildman–Crippen MR) is 127 cm³/mol. The summed E-state index contributed by atoms with van der Waals surface area (Å²) in [6.45, 7) is 1.94. The van der Waals surface area contributed by atoms with E-state index in [1.54, 1.807) is 6.92 Å². The van der Waals surface area contributed by atoms with Crippen molar-refractivity contribution in [3.63, 3.8) is 0 Å². The first-order chi connectivity index (χ1) is 18.2. The van der Waals surface area contributed by atoms with Crippen molar-refractivity contribution in [1.82, 2.24) is 29.7 Å². The van der Waals surface area contributed by atoms with Crippen LogP contribution in [0, 0.1) is 0 Å². The van der Waals surface area contributed by atoms with Gasteiger partial charge in [0.25, 0.3) is 0 Å². The normalized spacial score (nSPS) is 17.4. The Balaban J connectivity index is 1.55. The zero-order chi connectivity index (χ0) is 28.3. The number of nitrogen functional groups attached to an aromatic ring is 1. The van der Waals surface area contributed by atoms with E-state index in [0.717, 1.165) is 16.0 Å². The highest BCUT2D eigenvalue weighted by Gasteiger charge is 2.57. The molecule has 1 atom stereocenters. The maximum atomic E-state index is 13.6. The molecule has 4 aromatic heterocycles. The van der Waals surface area contributed by atoms with Gasteiger partial charge in [-0.2, -0.15) is 27.1 Å². The molecule has 17 heteroatoms. The lowest BCUT2D eigenvalue weighted by Gasteiger charge is -2.19. The number of alkyl halides is 5. The number of esters is 1. The average Bonchev–Trinajstić information content (AvgIpc) is 3.52. The number of aryl methyl sites for hydroxylation is 1. The summed E-state index contributed by atoms with van der Waals surface area (Å²) in [7, 11) is 0. The van der Waals surface area contributed by atoms with Gasteiger partial charge in [0.15, 0.2) is 11.5 Å². The molecule has 1 aliphatic rings. The van der Waals surface area contributed by atoms with E-state index < -0.39 is 42.4 Å². The Kier molecular flexibility index (Phi) is 6.00. The molecule has 1 aliphatic heterocycles. The lowest BCUT2D eigenvalue weighted by atomic mass is 9.85. The van der Waals surface area contributed by atoms with E-state index in [0.29, 0.717) is 0 Å². The van der Waals surface area contributed by atoms with Gasteiger partial charge >= 0.3 is 18.1 Å². The third-order valence-electron chi connectivity index (χ3n) is 6.05. The number of anilines is 2. The first kappa shape index (κ1) is 26.3. The second kappa shape index (κ2) is 8.89. The Morgan fingerprint density at radius 3 is 2.67 bits per heavy atom. The molecule has 0 saturated heterocycles. The van der Waals surface area contributed by atoms with Crippen molar-refractivity contribution in [2.75, 3.05) is 11.1 Å². The van der Waals surface area contributed by atoms with Crippen LogP contribution >= 0.6 is 11.3 Å². The van der Waals surface area contributed by atoms with Crippen molar-refractivity contribution in [1.29, 1.82) is 0 Å². The molecule has 39 heavy (non-hydrogen) atoms. The number of carbonyl (C=O) groups is 2. The lowest BCUT2D eigenvalue weighted by molar-refractivity contribution is -0.285. The monoisotopic (exact) mass is 568 g/mol. The first-order valence-corrected chi connectivity index (χ1v) is 12.0. The molecular weight excluding hydrogens is 551 g/mol. The van der Waals surface area contributed by atoms with Crippen LogP contribution in [-0.2, 0) is 21.5 Å². The minimum absolute atomic E-state index is 0.00157. The number of halogens is 5. The molecule has 0 spiro atoms. The first-order valence-electron chi connectivity index (χ1n) is 11.1. The van der Waals surface area contributed by atoms with Crippen LogP contribution in [-0.4, -0.2) is 53.7 Å². The minimum Gasteiger partial charge on any atom is -0.407 e. The molecule has 1 amide bonds. The number of nitrogens with one attached hydrogen (secondary N) is 1. The summed E-state index contributed by atoms with van der Waals surface area (Å²) in [5.74, 6) is -6.28. The Morgan fingerprint density at radius 1 is 1.23 bits per heavy atom. The Labute approximate surface area is 219 Å². The number of carbonyl (C=O) groups excluding carboxylic acids is 2. The fraction of sp³-hybridized carbons (Fsp3) is 0.318. The summed E-state index contributed by atoms with van der Waals surface area (Å²) in [6.07, 6.45) is -5.95. The molecule has 5 rings (SSSR count). The topological polar surface area (TPSA) is 151 Å². The third-order valence-corrected chi connectivity index (χ3v) is 7.10. The van der Waals surface area contributed by atoms with Crippen LogP contribution < -0.4 is 15.8 Å². The molecule has 0 fully saturated rings. The molecule has 0 aliphatic carbocycles. The molecule has 0 radical (unpaired) electrons. The van der Waals surface area contributed by atoms with Crippen molar-refractivity contribution in [2.45, 2.75) is 44.3 Å². The molecule has 11 nitrogen and oxygen atoms in total. The second-order valence-corrected chi connectivity index (χ2v) is 9.58. The SMILES string of the molecule is CC(=O)Oc1csc([C@@]2(C)C(=O)Nc3nc(-c4nn(CCC(F)(F)C(F)(F)F)c5ncccc45)nc(N)c32)n1. The van der Waals surface area contributed by atoms with Crippen LogP contribution in [0.5, 0.6) is 5.88 Å². The van der Waals surface area contributed by atoms with Crippen LogP contribution in [0.15, 0.2) is 23.7 Å². The van der Waals surface area contributed by atoms with Crippen LogP contribution in [0.3, 0.4) is 0 Å². The maximum absolute atomic E-state index is 13.6. The summed E-state index contributed by atoms with van der Waals surface area (Å²) in [5.41, 5.74) is 5.07. The summed E-state index contributed by atoms with van der Waals surface area (Å²) >= 11 is 1.05. The fourth-order valence-corrected chi connectivity index (χ4v) is 5.01. The summed E-state index contributed by atoms with van der Waals surface area (Å²) < 4.78 is 71.0. The maximum Gasteiger partial charge on any atom is 0.453 e. The van der Waals surface area contributed by atoms with Gasteiger partial charge < -0.3 is 15.8 Å². The predicted octanol–water partition coefficient (Wildman–Crippen LogP) is 3.70. The number of rotatable bonds is 6. The zero-order valence-electron chi connectivity index (χ0n) is 20.0. The van der Waals surface area contributed by atoms with E-state index in [-0.39, 0.29) is 50.6 Å². The Morgan fingerprint density at radius 2 is 1.97 bits per heavy atom. The molecule has 0 saturated carbocycles. The third kappa shape index (κ3) is 4.31. The number of fused-ring (bicyclic) bond motifs is 2. The van der Waals surface area contributed by atoms with Gasteiger partial charge in [0.2, 0.25) is 11.8 Å². The van der Waals surface area contributed by atoms with Crippen LogP contribution in [0.25, 0.3) is 22.6 Å². The van der Waals surface area contributed by atoms with Gasteiger partial charge in [0, 0.05) is 26.1 Å². The number of nitrogens with two attached hydrogens (primary N) is 1. The van der Waals surface area contributed by atoms with Crippen molar-refractivity contribution in [3.8, 4) is 17.4 Å². The van der Waals surface area contributed by atoms with E-state index in [9.17, 15) is 31.5 Å². The van der Waals surface area contributed by atoms with Gasteiger partial charge in [-0.3, -0.25) is 9.59 Å². The van der Waals surface area contributed by atoms with Gasteiger partial charge in [0.1, 0.15) is 27.8 Å². The quantitative estimate of drug-likeness (QED) is 0.262. The molecular formula is C22H17F5N8O3S. The zero-order valence-corrected chi connectivity index (χ0v) is 20.8. The number of hydrogen-bond acceptors (Lipinski definition) is 10. The number of amides is 1. The van der Waals surface area contributed by atoms with Gasteiger partial charge in [-0.1, -0.05) is 0 Å². The standard InChI is InChI=1S/C22H17F5N8O3S/c1-9(36)38-11-8-39-19(30-11)20(2)12-14(28)31-16(32-15(12)33-18(20)37)13-10-4-3-6-29-17(10)35(34-13)7-5-21(23,24)22(25,26)27/h3-4,6,8H,5,7H2,1-2H3,(H3,28,31,32,33,37)/t20-/m1/s1. The number of aromatic nitrogens is 6. The number of nitrogens with zero attached hydrogens (tertiary/aromatic N) is 6. The fourth-order valence-electron chi connectivity index (χ4n) is 4.12. The van der Waals surface area contributed by atoms with Gasteiger partial charge in [-0.25, -0.2) is 24.6 Å². The number of pyridine rings is 1. The molecule has 0 bridgehead atoms. The van der Waals surface area contributed by atoms with Gasteiger partial charge in [0.05, 0.1) is 16.3 Å². The van der Waals surface area contributed by atoms with Crippen molar-refractivity contribution < 1.29 is 36.3 Å². The van der Waals surface area contributed by atoms with Crippen LogP contribution in [0.4, 0.5) is 33.6 Å². The largest absolute Gasteiger partial charge is 0.453 e. The van der Waals surface area contributed by atoms with Crippen molar-refractivity contribution in [3.05, 3.63) is 34.3 Å². The number of ether oxygens (including phenoxy) is 1. The van der Waals surface area contributed by atoms with E-state index in [2.05, 4.69) is 30.4 Å². The lowest BCUT2D eigenvalue weighted by Crippen LogP contribution is -2.37. The second-order valence-electron chi connectivity index (χ2n) is 8.72. The van der Waals surface area contributed by atoms with Gasteiger partial charge in [-0.05, 0) is 19.1 Å². The van der Waals surface area contributed by atoms with Gasteiger partial charge in [-0.15, -0.1) is 11.3 Å². The highest BCUT2D eigenvalue weighted by atomic mass is 32.1. The summed E-state index contributed by atoms with van der Waals surface area (Å²) in [5, 5.41) is 8.75. The molecule has 4 aromatic rings. The van der Waals surface area contributed by atoms with E-state index >= 15 is 0 Å².